The van der Waals surface area contributed by atoms with Crippen LogP contribution in [-0.2, 0) is 5.54 Å². The number of rotatable bonds is 2. The lowest BCUT2D eigenvalue weighted by atomic mass is 9.94. The Hall–Kier alpha value is -1.13. The quantitative estimate of drug-likeness (QED) is 0.635. The van der Waals surface area contributed by atoms with E-state index in [2.05, 4.69) is 0 Å². The van der Waals surface area contributed by atoms with Gasteiger partial charge >= 0.3 is 0 Å². The second-order valence-electron chi connectivity index (χ2n) is 3.24. The number of phenols is 1. The minimum atomic E-state index is -1.11. The van der Waals surface area contributed by atoms with Gasteiger partial charge in [-0.05, 0) is 13.0 Å². The molecule has 1 rings (SSSR count). The maximum absolute atomic E-state index is 13.2. The molecule has 3 nitrogen and oxygen atoms in total. The van der Waals surface area contributed by atoms with E-state index in [9.17, 15) is 4.39 Å². The van der Waals surface area contributed by atoms with E-state index >= 15 is 0 Å². The first-order valence-corrected chi connectivity index (χ1v) is 3.86. The van der Waals surface area contributed by atoms with Gasteiger partial charge in [0, 0.05) is 11.6 Å². The molecule has 0 aromatic heterocycles. The standard InChI is InChI=1S/C9H12FNO2/c1-9(11,5-12)7-3-2-6(13)4-8(7)10/h2-4,12-13H,5,11H2,1H3. The van der Waals surface area contributed by atoms with Gasteiger partial charge in [0.1, 0.15) is 11.6 Å². The molecule has 0 bridgehead atoms. The summed E-state index contributed by atoms with van der Waals surface area (Å²) in [6.45, 7) is 1.16. The van der Waals surface area contributed by atoms with Crippen molar-refractivity contribution in [2.75, 3.05) is 6.61 Å². The van der Waals surface area contributed by atoms with E-state index in [4.69, 9.17) is 15.9 Å². The Morgan fingerprint density at radius 3 is 2.62 bits per heavy atom. The molecule has 0 amide bonds. The molecule has 0 saturated heterocycles. The first kappa shape index (κ1) is 9.95. The van der Waals surface area contributed by atoms with Crippen molar-refractivity contribution in [3.05, 3.63) is 29.6 Å². The minimum Gasteiger partial charge on any atom is -0.508 e. The Balaban J connectivity index is 3.16. The molecular weight excluding hydrogens is 173 g/mol. The molecule has 0 aliphatic rings. The van der Waals surface area contributed by atoms with Gasteiger partial charge in [0.15, 0.2) is 0 Å². The lowest BCUT2D eigenvalue weighted by molar-refractivity contribution is 0.206. The zero-order valence-electron chi connectivity index (χ0n) is 7.29. The summed E-state index contributed by atoms with van der Waals surface area (Å²) in [6.07, 6.45) is 0. The Morgan fingerprint density at radius 1 is 1.54 bits per heavy atom. The van der Waals surface area contributed by atoms with Gasteiger partial charge in [0.25, 0.3) is 0 Å². The molecule has 13 heavy (non-hydrogen) atoms. The third-order valence-corrected chi connectivity index (χ3v) is 1.90. The summed E-state index contributed by atoms with van der Waals surface area (Å²) < 4.78 is 13.2. The lowest BCUT2D eigenvalue weighted by Crippen LogP contribution is -2.37. The number of aromatic hydroxyl groups is 1. The highest BCUT2D eigenvalue weighted by atomic mass is 19.1. The highest BCUT2D eigenvalue weighted by molar-refractivity contribution is 5.32. The Bertz CT molecular complexity index is 312. The van der Waals surface area contributed by atoms with E-state index in [0.29, 0.717) is 0 Å². The van der Waals surface area contributed by atoms with Crippen LogP contribution in [0.4, 0.5) is 4.39 Å². The first-order chi connectivity index (χ1) is 5.97. The highest BCUT2D eigenvalue weighted by Crippen LogP contribution is 2.23. The molecule has 0 radical (unpaired) electrons. The van der Waals surface area contributed by atoms with Crippen molar-refractivity contribution in [2.24, 2.45) is 5.73 Å². The topological polar surface area (TPSA) is 66.5 Å². The van der Waals surface area contributed by atoms with E-state index in [1.165, 1.54) is 19.1 Å². The smallest absolute Gasteiger partial charge is 0.132 e. The number of aliphatic hydroxyl groups excluding tert-OH is 1. The molecule has 0 heterocycles. The van der Waals surface area contributed by atoms with Crippen LogP contribution in [0.2, 0.25) is 0 Å². The molecule has 4 N–H and O–H groups in total. The molecule has 72 valence electrons. The fourth-order valence-corrected chi connectivity index (χ4v) is 1.05. The van der Waals surface area contributed by atoms with Crippen molar-refractivity contribution in [2.45, 2.75) is 12.5 Å². The van der Waals surface area contributed by atoms with Crippen LogP contribution in [0.3, 0.4) is 0 Å². The van der Waals surface area contributed by atoms with Crippen molar-refractivity contribution in [1.82, 2.24) is 0 Å². The second-order valence-corrected chi connectivity index (χ2v) is 3.24. The number of phenolic OH excluding ortho intramolecular Hbond substituents is 1. The summed E-state index contributed by atoms with van der Waals surface area (Å²) >= 11 is 0. The van der Waals surface area contributed by atoms with Crippen molar-refractivity contribution >= 4 is 0 Å². The molecule has 1 atom stereocenters. The molecular formula is C9H12FNO2. The van der Waals surface area contributed by atoms with Gasteiger partial charge in [-0.2, -0.15) is 0 Å². The van der Waals surface area contributed by atoms with Crippen molar-refractivity contribution < 1.29 is 14.6 Å². The van der Waals surface area contributed by atoms with Crippen LogP contribution in [-0.4, -0.2) is 16.8 Å². The van der Waals surface area contributed by atoms with E-state index in [1.807, 2.05) is 0 Å². The van der Waals surface area contributed by atoms with Gasteiger partial charge in [0.2, 0.25) is 0 Å². The lowest BCUT2D eigenvalue weighted by Gasteiger charge is -2.22. The summed E-state index contributed by atoms with van der Waals surface area (Å²) in [5.74, 6) is -0.769. The maximum atomic E-state index is 13.2. The van der Waals surface area contributed by atoms with Crippen LogP contribution in [0.5, 0.6) is 5.75 Å². The van der Waals surface area contributed by atoms with Crippen LogP contribution < -0.4 is 5.73 Å². The van der Waals surface area contributed by atoms with E-state index in [1.54, 1.807) is 0 Å². The van der Waals surface area contributed by atoms with Crippen LogP contribution >= 0.6 is 0 Å². The van der Waals surface area contributed by atoms with Crippen molar-refractivity contribution in [1.29, 1.82) is 0 Å². The third-order valence-electron chi connectivity index (χ3n) is 1.90. The van der Waals surface area contributed by atoms with Gasteiger partial charge in [-0.15, -0.1) is 0 Å². The number of halogens is 1. The number of hydrogen-bond acceptors (Lipinski definition) is 3. The summed E-state index contributed by atoms with van der Waals surface area (Å²) in [4.78, 5) is 0. The predicted molar refractivity (Wildman–Crippen MR) is 46.7 cm³/mol. The van der Waals surface area contributed by atoms with E-state index in [-0.39, 0.29) is 17.9 Å². The molecule has 1 unspecified atom stereocenters. The van der Waals surface area contributed by atoms with Crippen LogP contribution in [0, 0.1) is 5.82 Å². The van der Waals surface area contributed by atoms with Crippen molar-refractivity contribution in [3.63, 3.8) is 0 Å². The second kappa shape index (κ2) is 3.32. The number of benzene rings is 1. The molecule has 4 heteroatoms. The average molecular weight is 185 g/mol. The molecule has 0 aliphatic carbocycles. The van der Waals surface area contributed by atoms with E-state index < -0.39 is 11.4 Å². The van der Waals surface area contributed by atoms with Gasteiger partial charge < -0.3 is 15.9 Å². The maximum Gasteiger partial charge on any atom is 0.132 e. The normalized spacial score (nSPS) is 15.4. The van der Waals surface area contributed by atoms with Crippen LogP contribution in [0.15, 0.2) is 18.2 Å². The Morgan fingerprint density at radius 2 is 2.15 bits per heavy atom. The number of nitrogens with two attached hydrogens (primary N) is 1. The summed E-state index contributed by atoms with van der Waals surface area (Å²) in [5.41, 5.74) is 4.69. The fourth-order valence-electron chi connectivity index (χ4n) is 1.05. The first-order valence-electron chi connectivity index (χ1n) is 3.86. The molecule has 0 fully saturated rings. The van der Waals surface area contributed by atoms with Gasteiger partial charge in [-0.25, -0.2) is 4.39 Å². The monoisotopic (exact) mass is 185 g/mol. The van der Waals surface area contributed by atoms with Gasteiger partial charge in [0.05, 0.1) is 12.1 Å². The summed E-state index contributed by atoms with van der Waals surface area (Å²) in [6, 6.07) is 3.66. The van der Waals surface area contributed by atoms with Crippen LogP contribution in [0.25, 0.3) is 0 Å². The fraction of sp³-hybridized carbons (Fsp3) is 0.333. The largest absolute Gasteiger partial charge is 0.508 e. The minimum absolute atomic E-state index is 0.157. The van der Waals surface area contributed by atoms with Crippen molar-refractivity contribution in [3.8, 4) is 5.75 Å². The third kappa shape index (κ3) is 1.96. The average Bonchev–Trinajstić information content (AvgIpc) is 2.03. The van der Waals surface area contributed by atoms with Gasteiger partial charge in [-0.3, -0.25) is 0 Å². The molecule has 0 aliphatic heterocycles. The number of hydrogen-bond donors (Lipinski definition) is 3. The number of aliphatic hydroxyl groups is 1. The van der Waals surface area contributed by atoms with Crippen LogP contribution in [0.1, 0.15) is 12.5 Å². The highest BCUT2D eigenvalue weighted by Gasteiger charge is 2.23. The molecule has 1 aromatic rings. The predicted octanol–water partition coefficient (Wildman–Crippen LogP) is 0.698. The SMILES string of the molecule is CC(N)(CO)c1ccc(O)cc1F. The summed E-state index contributed by atoms with van der Waals surface area (Å²) in [5, 5.41) is 17.8. The van der Waals surface area contributed by atoms with E-state index in [0.717, 1.165) is 6.07 Å². The summed E-state index contributed by atoms with van der Waals surface area (Å²) in [7, 11) is 0. The van der Waals surface area contributed by atoms with Gasteiger partial charge in [-0.1, -0.05) is 6.07 Å². The Labute approximate surface area is 75.6 Å². The molecule has 1 aromatic carbocycles. The zero-order chi connectivity index (χ0) is 10.1. The molecule has 0 spiro atoms. The zero-order valence-corrected chi connectivity index (χ0v) is 7.29. The molecule has 0 saturated carbocycles. The Kier molecular flexibility index (Phi) is 2.54.